The van der Waals surface area contributed by atoms with E-state index in [9.17, 15) is 13.2 Å². The number of amides is 2. The summed E-state index contributed by atoms with van der Waals surface area (Å²) in [6.45, 7) is 1.80. The molecule has 0 saturated carbocycles. The maximum atomic E-state index is 12.9. The second-order valence-corrected chi connectivity index (χ2v) is 9.56. The van der Waals surface area contributed by atoms with Crippen LogP contribution in [0, 0.1) is 12.3 Å². The Balaban J connectivity index is 1.89. The number of anilines is 1. The molecular weight excluding hydrogens is 432 g/mol. The number of carbonyl (C=O) groups excluding carboxylic acids is 1. The molecule has 150 valence electrons. The highest BCUT2D eigenvalue weighted by Crippen LogP contribution is 2.25. The molecule has 0 atom stereocenters. The van der Waals surface area contributed by atoms with Crippen molar-refractivity contribution in [2.75, 3.05) is 4.90 Å². The Hall–Kier alpha value is -2.72. The smallest absolute Gasteiger partial charge is 0.283 e. The number of rotatable bonds is 5. The van der Waals surface area contributed by atoms with Crippen molar-refractivity contribution in [1.29, 1.82) is 5.41 Å². The highest BCUT2D eigenvalue weighted by Gasteiger charge is 2.25. The summed E-state index contributed by atoms with van der Waals surface area (Å²) in [6, 6.07) is 17.7. The molecule has 0 bridgehead atoms. The minimum atomic E-state index is -4.00. The van der Waals surface area contributed by atoms with Gasteiger partial charge in [-0.25, -0.2) is 18.1 Å². The number of hydrogen-bond donors (Lipinski definition) is 3. The first-order valence-electron chi connectivity index (χ1n) is 8.36. The average Bonchev–Trinajstić information content (AvgIpc) is 3.16. The molecule has 1 aromatic heterocycles. The Morgan fingerprint density at radius 2 is 1.69 bits per heavy atom. The van der Waals surface area contributed by atoms with E-state index in [-0.39, 0.29) is 10.0 Å². The van der Waals surface area contributed by atoms with Crippen LogP contribution in [0.4, 0.5) is 10.5 Å². The van der Waals surface area contributed by atoms with E-state index in [1.165, 1.54) is 12.1 Å². The van der Waals surface area contributed by atoms with E-state index in [4.69, 9.17) is 17.0 Å². The topological polar surface area (TPSA) is 102 Å². The molecule has 0 aliphatic heterocycles. The first kappa shape index (κ1) is 21.0. The minimum Gasteiger partial charge on any atom is -0.283 e. The van der Waals surface area contributed by atoms with Crippen LogP contribution in [0.15, 0.2) is 70.9 Å². The van der Waals surface area contributed by atoms with E-state index >= 15 is 0 Å². The normalized spacial score (nSPS) is 11.1. The molecule has 2 aromatic carbocycles. The van der Waals surface area contributed by atoms with Crippen molar-refractivity contribution in [3.05, 3.63) is 82.2 Å². The molecule has 7 nitrogen and oxygen atoms in total. The van der Waals surface area contributed by atoms with Gasteiger partial charge in [0.05, 0.1) is 10.0 Å². The molecule has 0 aliphatic rings. The fraction of sp³-hybridized carbons (Fsp3) is 0.0526. The lowest BCUT2D eigenvalue weighted by atomic mass is 10.1. The lowest BCUT2D eigenvalue weighted by molar-refractivity contribution is 0.247. The van der Waals surface area contributed by atoms with Gasteiger partial charge < -0.3 is 0 Å². The van der Waals surface area contributed by atoms with Gasteiger partial charge in [-0.15, -0.1) is 16.2 Å². The number of halogens is 1. The summed E-state index contributed by atoms with van der Waals surface area (Å²) >= 11 is 6.65. The lowest BCUT2D eigenvalue weighted by Crippen LogP contribution is -2.51. The first-order valence-corrected chi connectivity index (χ1v) is 11.0. The van der Waals surface area contributed by atoms with Crippen LogP contribution < -0.4 is 15.2 Å². The number of carbonyl (C=O) groups is 1. The van der Waals surface area contributed by atoms with Crippen LogP contribution in [0.5, 0.6) is 0 Å². The van der Waals surface area contributed by atoms with E-state index in [2.05, 4.69) is 10.3 Å². The third-order valence-corrected chi connectivity index (χ3v) is 6.91. The van der Waals surface area contributed by atoms with Gasteiger partial charge in [-0.1, -0.05) is 60.1 Å². The van der Waals surface area contributed by atoms with Gasteiger partial charge >= 0.3 is 6.03 Å². The van der Waals surface area contributed by atoms with Gasteiger partial charge in [-0.05, 0) is 30.7 Å². The summed E-state index contributed by atoms with van der Waals surface area (Å²) in [5.74, 6) is -0.101. The number of para-hydroxylation sites is 1. The number of benzene rings is 2. The quantitative estimate of drug-likeness (QED) is 0.310. The molecule has 0 radical (unpaired) electrons. The predicted molar refractivity (Wildman–Crippen MR) is 115 cm³/mol. The zero-order valence-corrected chi connectivity index (χ0v) is 17.6. The Labute approximate surface area is 177 Å². The van der Waals surface area contributed by atoms with Crippen LogP contribution in [0.3, 0.4) is 0 Å². The number of hydrazine groups is 1. The largest absolute Gasteiger partial charge is 0.342 e. The van der Waals surface area contributed by atoms with E-state index in [1.807, 2.05) is 6.07 Å². The van der Waals surface area contributed by atoms with E-state index in [1.54, 1.807) is 55.5 Å². The van der Waals surface area contributed by atoms with Crippen molar-refractivity contribution in [2.45, 2.75) is 11.1 Å². The molecule has 1 heterocycles. The van der Waals surface area contributed by atoms with Gasteiger partial charge in [0.2, 0.25) is 0 Å². The summed E-state index contributed by atoms with van der Waals surface area (Å²) in [5.41, 5.74) is 3.88. The second-order valence-electron chi connectivity index (χ2n) is 5.93. The maximum Gasteiger partial charge on any atom is 0.342 e. The molecule has 3 N–H and O–H groups in total. The van der Waals surface area contributed by atoms with Crippen LogP contribution in [0.2, 0.25) is 4.34 Å². The summed E-state index contributed by atoms with van der Waals surface area (Å²) in [5, 5.41) is 8.53. The predicted octanol–water partition coefficient (Wildman–Crippen LogP) is 4.14. The fourth-order valence-corrected chi connectivity index (χ4v) is 4.85. The number of nitrogens with zero attached hydrogens (tertiary/aromatic N) is 1. The third-order valence-electron chi connectivity index (χ3n) is 3.94. The molecule has 0 fully saturated rings. The van der Waals surface area contributed by atoms with Crippen LogP contribution in [0.25, 0.3) is 0 Å². The number of amidine groups is 1. The summed E-state index contributed by atoms with van der Waals surface area (Å²) in [6.07, 6.45) is 0. The van der Waals surface area contributed by atoms with Gasteiger partial charge in [0.1, 0.15) is 10.0 Å². The van der Waals surface area contributed by atoms with Crippen molar-refractivity contribution < 1.29 is 13.2 Å². The molecule has 3 aromatic rings. The highest BCUT2D eigenvalue weighted by atomic mass is 35.5. The third kappa shape index (κ3) is 4.83. The number of nitrogens with one attached hydrogen (secondary N) is 3. The monoisotopic (exact) mass is 448 g/mol. The Morgan fingerprint density at radius 1 is 1.03 bits per heavy atom. The summed E-state index contributed by atoms with van der Waals surface area (Å²) in [4.78, 5) is 16.1. The van der Waals surface area contributed by atoms with Gasteiger partial charge in [0.25, 0.3) is 10.0 Å². The van der Waals surface area contributed by atoms with Crippen molar-refractivity contribution in [2.24, 2.45) is 0 Å². The minimum absolute atomic E-state index is 0.0385. The van der Waals surface area contributed by atoms with Crippen LogP contribution in [-0.4, -0.2) is 20.3 Å². The number of urea groups is 1. The summed E-state index contributed by atoms with van der Waals surface area (Å²) < 4.78 is 25.0. The van der Waals surface area contributed by atoms with Gasteiger partial charge in [-0.2, -0.15) is 0 Å². The van der Waals surface area contributed by atoms with Crippen molar-refractivity contribution >= 4 is 50.5 Å². The van der Waals surface area contributed by atoms with Gasteiger partial charge in [0.15, 0.2) is 0 Å². The molecule has 0 spiro atoms. The maximum absolute atomic E-state index is 12.9. The zero-order chi connectivity index (χ0) is 21.0. The summed E-state index contributed by atoms with van der Waals surface area (Å²) in [7, 11) is -4.00. The Bertz CT molecular complexity index is 1150. The molecule has 0 saturated heterocycles. The molecular formula is C19H17ClN4O3S2. The number of aryl methyl sites for hydroxylation is 1. The molecule has 29 heavy (non-hydrogen) atoms. The van der Waals surface area contributed by atoms with E-state index in [0.29, 0.717) is 15.6 Å². The van der Waals surface area contributed by atoms with Crippen molar-refractivity contribution in [3.8, 4) is 0 Å². The van der Waals surface area contributed by atoms with Crippen LogP contribution in [0.1, 0.15) is 11.1 Å². The molecule has 10 heteroatoms. The van der Waals surface area contributed by atoms with Gasteiger partial charge in [0, 0.05) is 5.56 Å². The molecule has 3 rings (SSSR count). The average molecular weight is 449 g/mol. The zero-order valence-electron chi connectivity index (χ0n) is 15.2. The highest BCUT2D eigenvalue weighted by molar-refractivity contribution is 7.91. The SMILES string of the molecule is Cc1ccccc1N(C(=N)c1ccccc1)C(=O)NNS(=O)(=O)c1ccc(Cl)s1. The Kier molecular flexibility index (Phi) is 6.33. The van der Waals surface area contributed by atoms with Crippen LogP contribution >= 0.6 is 22.9 Å². The molecule has 2 amide bonds. The first-order chi connectivity index (χ1) is 13.8. The fourth-order valence-electron chi connectivity index (χ4n) is 2.53. The molecule has 0 unspecified atom stereocenters. The van der Waals surface area contributed by atoms with Crippen molar-refractivity contribution in [1.82, 2.24) is 10.3 Å². The molecule has 0 aliphatic carbocycles. The Morgan fingerprint density at radius 3 is 2.31 bits per heavy atom. The van der Waals surface area contributed by atoms with Crippen LogP contribution in [-0.2, 0) is 10.0 Å². The second kappa shape index (κ2) is 8.75. The van der Waals surface area contributed by atoms with Crippen molar-refractivity contribution in [3.63, 3.8) is 0 Å². The lowest BCUT2D eigenvalue weighted by Gasteiger charge is -2.25. The number of thiophene rings is 1. The standard InChI is InChI=1S/C19H17ClN4O3S2/c1-13-7-5-6-10-15(13)24(18(21)14-8-3-2-4-9-14)19(25)22-23-29(26,27)17-12-11-16(20)28-17/h2-12,21,23H,1H3,(H,22,25). The van der Waals surface area contributed by atoms with E-state index < -0.39 is 16.1 Å². The number of hydrogen-bond acceptors (Lipinski definition) is 5. The van der Waals surface area contributed by atoms with Gasteiger partial charge in [-0.3, -0.25) is 10.8 Å². The number of sulfonamides is 1. The van der Waals surface area contributed by atoms with E-state index in [0.717, 1.165) is 21.8 Å².